The molecule has 10 heteroatoms. The van der Waals surface area contributed by atoms with Gasteiger partial charge in [0.2, 0.25) is 0 Å². The summed E-state index contributed by atoms with van der Waals surface area (Å²) in [6.45, 7) is 3.62. The summed E-state index contributed by atoms with van der Waals surface area (Å²) >= 11 is 0. The van der Waals surface area contributed by atoms with Crippen molar-refractivity contribution < 1.29 is 32.2 Å². The Morgan fingerprint density at radius 2 is 1.64 bits per heavy atom. The summed E-state index contributed by atoms with van der Waals surface area (Å²) in [5.41, 5.74) is 0.623. The fourth-order valence-corrected chi connectivity index (χ4v) is 4.78. The molecule has 1 aliphatic rings. The van der Waals surface area contributed by atoms with Crippen LogP contribution in [0.1, 0.15) is 19.4 Å². The minimum Gasteiger partial charge on any atom is -0.497 e. The third-order valence-corrected chi connectivity index (χ3v) is 6.20. The number of nitrogens with zero attached hydrogens (tertiary/aromatic N) is 2. The molecule has 0 amide bonds. The van der Waals surface area contributed by atoms with Crippen LogP contribution in [-0.2, 0) is 31.0 Å². The molecule has 1 heterocycles. The van der Waals surface area contributed by atoms with Gasteiger partial charge >= 0.3 is 5.97 Å². The van der Waals surface area contributed by atoms with Crippen molar-refractivity contribution in [3.05, 3.63) is 23.8 Å². The minimum atomic E-state index is -3.93. The van der Waals surface area contributed by atoms with E-state index < -0.39 is 22.7 Å². The SMILES string of the molecule is COC(=O)CN(Cc1cc(OC)cc(OC)c1)S(=O)(=O)N1C[C@@H](C)O[C@H](C)C1. The summed E-state index contributed by atoms with van der Waals surface area (Å²) in [5, 5.41) is 0. The lowest BCUT2D eigenvalue weighted by atomic mass is 10.2. The first-order valence-electron chi connectivity index (χ1n) is 8.89. The van der Waals surface area contributed by atoms with Crippen LogP contribution < -0.4 is 9.47 Å². The van der Waals surface area contributed by atoms with Crippen molar-refractivity contribution in [2.75, 3.05) is 41.0 Å². The molecule has 28 heavy (non-hydrogen) atoms. The van der Waals surface area contributed by atoms with Gasteiger partial charge in [-0.3, -0.25) is 4.79 Å². The highest BCUT2D eigenvalue weighted by atomic mass is 32.2. The molecule has 0 radical (unpaired) electrons. The second kappa shape index (κ2) is 9.55. The molecule has 1 fully saturated rings. The molecule has 0 aliphatic carbocycles. The van der Waals surface area contributed by atoms with Crippen LogP contribution >= 0.6 is 0 Å². The number of benzene rings is 1. The molecule has 1 aliphatic heterocycles. The second-order valence-electron chi connectivity index (χ2n) is 6.65. The number of hydrogen-bond acceptors (Lipinski definition) is 7. The van der Waals surface area contributed by atoms with Gasteiger partial charge in [-0.05, 0) is 31.5 Å². The molecule has 0 spiro atoms. The topological polar surface area (TPSA) is 94.6 Å². The lowest BCUT2D eigenvalue weighted by molar-refractivity contribution is -0.141. The van der Waals surface area contributed by atoms with Crippen LogP contribution in [0, 0.1) is 0 Å². The third kappa shape index (κ3) is 5.57. The number of carbonyl (C=O) groups excluding carboxylic acids is 1. The first-order valence-corrected chi connectivity index (χ1v) is 10.3. The fraction of sp³-hybridized carbons (Fsp3) is 0.611. The number of hydrogen-bond donors (Lipinski definition) is 0. The van der Waals surface area contributed by atoms with E-state index in [1.165, 1.54) is 25.6 Å². The predicted octanol–water partition coefficient (Wildman–Crippen LogP) is 1.03. The molecule has 0 unspecified atom stereocenters. The molecule has 1 aromatic rings. The second-order valence-corrected chi connectivity index (χ2v) is 8.58. The van der Waals surface area contributed by atoms with Crippen LogP contribution in [0.15, 0.2) is 18.2 Å². The van der Waals surface area contributed by atoms with Crippen LogP contribution in [0.25, 0.3) is 0 Å². The molecule has 0 bridgehead atoms. The smallest absolute Gasteiger partial charge is 0.321 e. The first-order chi connectivity index (χ1) is 13.2. The average molecular weight is 416 g/mol. The van der Waals surface area contributed by atoms with Gasteiger partial charge in [-0.2, -0.15) is 17.0 Å². The Morgan fingerprint density at radius 3 is 2.11 bits per heavy atom. The van der Waals surface area contributed by atoms with Gasteiger partial charge in [0, 0.05) is 25.7 Å². The summed E-state index contributed by atoms with van der Waals surface area (Å²) in [6.07, 6.45) is -0.481. The number of ether oxygens (including phenoxy) is 4. The molecule has 2 atom stereocenters. The molecular weight excluding hydrogens is 388 g/mol. The Morgan fingerprint density at radius 1 is 1.11 bits per heavy atom. The molecule has 0 saturated carbocycles. The van der Waals surface area contributed by atoms with Gasteiger partial charge < -0.3 is 18.9 Å². The molecule has 0 N–H and O–H groups in total. The third-order valence-electron chi connectivity index (χ3n) is 4.34. The van der Waals surface area contributed by atoms with Crippen LogP contribution in [0.3, 0.4) is 0 Å². The number of methoxy groups -OCH3 is 3. The van der Waals surface area contributed by atoms with E-state index in [-0.39, 0.29) is 31.8 Å². The Balaban J connectivity index is 2.35. The molecule has 1 saturated heterocycles. The van der Waals surface area contributed by atoms with Crippen LogP contribution in [0.2, 0.25) is 0 Å². The molecule has 9 nitrogen and oxygen atoms in total. The zero-order chi connectivity index (χ0) is 20.9. The average Bonchev–Trinajstić information content (AvgIpc) is 2.66. The molecule has 2 rings (SSSR count). The van der Waals surface area contributed by atoms with E-state index in [0.717, 1.165) is 4.31 Å². The van der Waals surface area contributed by atoms with E-state index in [2.05, 4.69) is 0 Å². The van der Waals surface area contributed by atoms with E-state index in [1.54, 1.807) is 18.2 Å². The van der Waals surface area contributed by atoms with Crippen molar-refractivity contribution in [1.29, 1.82) is 0 Å². The largest absolute Gasteiger partial charge is 0.497 e. The van der Waals surface area contributed by atoms with E-state index in [1.807, 2.05) is 13.8 Å². The Kier molecular flexibility index (Phi) is 7.64. The molecular formula is C18H28N2O7S. The highest BCUT2D eigenvalue weighted by Crippen LogP contribution is 2.25. The quantitative estimate of drug-likeness (QED) is 0.584. The predicted molar refractivity (Wildman–Crippen MR) is 102 cm³/mol. The maximum Gasteiger partial charge on any atom is 0.321 e. The number of morpholine rings is 1. The Hall–Kier alpha value is -1.88. The molecule has 158 valence electrons. The zero-order valence-electron chi connectivity index (χ0n) is 16.9. The van der Waals surface area contributed by atoms with Crippen molar-refractivity contribution in [3.8, 4) is 11.5 Å². The number of esters is 1. The number of rotatable bonds is 8. The summed E-state index contributed by atoms with van der Waals surface area (Å²) in [5.74, 6) is 0.407. The highest BCUT2D eigenvalue weighted by Gasteiger charge is 2.36. The summed E-state index contributed by atoms with van der Waals surface area (Å²) in [4.78, 5) is 11.9. The minimum absolute atomic E-state index is 0.0366. The fourth-order valence-electron chi connectivity index (χ4n) is 3.07. The normalized spacial score (nSPS) is 20.8. The summed E-state index contributed by atoms with van der Waals surface area (Å²) in [6, 6.07) is 5.09. The van der Waals surface area contributed by atoms with Crippen LogP contribution in [-0.4, -0.2) is 76.2 Å². The van der Waals surface area contributed by atoms with Gasteiger partial charge in [0.15, 0.2) is 0 Å². The van der Waals surface area contributed by atoms with E-state index in [0.29, 0.717) is 17.1 Å². The monoisotopic (exact) mass is 416 g/mol. The van der Waals surface area contributed by atoms with Gasteiger partial charge in [0.25, 0.3) is 10.2 Å². The van der Waals surface area contributed by atoms with E-state index in [9.17, 15) is 13.2 Å². The first kappa shape index (κ1) is 22.4. The number of carbonyl (C=O) groups is 1. The Labute approximate surface area is 166 Å². The van der Waals surface area contributed by atoms with Crippen molar-refractivity contribution in [1.82, 2.24) is 8.61 Å². The van der Waals surface area contributed by atoms with E-state index >= 15 is 0 Å². The maximum atomic E-state index is 13.3. The summed E-state index contributed by atoms with van der Waals surface area (Å²) < 4.78 is 49.8. The van der Waals surface area contributed by atoms with Crippen molar-refractivity contribution in [2.45, 2.75) is 32.6 Å². The van der Waals surface area contributed by atoms with Gasteiger partial charge in [0.05, 0.1) is 33.5 Å². The van der Waals surface area contributed by atoms with Gasteiger partial charge in [0.1, 0.15) is 18.0 Å². The van der Waals surface area contributed by atoms with E-state index in [4.69, 9.17) is 18.9 Å². The van der Waals surface area contributed by atoms with Crippen molar-refractivity contribution in [3.63, 3.8) is 0 Å². The van der Waals surface area contributed by atoms with Crippen molar-refractivity contribution >= 4 is 16.2 Å². The van der Waals surface area contributed by atoms with Crippen molar-refractivity contribution in [2.24, 2.45) is 0 Å². The van der Waals surface area contributed by atoms with Crippen LogP contribution in [0.4, 0.5) is 0 Å². The van der Waals surface area contributed by atoms with Gasteiger partial charge in [-0.25, -0.2) is 0 Å². The lowest BCUT2D eigenvalue weighted by Gasteiger charge is -2.37. The summed E-state index contributed by atoms with van der Waals surface area (Å²) in [7, 11) is 0.318. The molecule has 0 aromatic heterocycles. The maximum absolute atomic E-state index is 13.3. The van der Waals surface area contributed by atoms with Gasteiger partial charge in [-0.1, -0.05) is 0 Å². The van der Waals surface area contributed by atoms with Gasteiger partial charge in [-0.15, -0.1) is 0 Å². The lowest BCUT2D eigenvalue weighted by Crippen LogP contribution is -2.53. The highest BCUT2D eigenvalue weighted by molar-refractivity contribution is 7.86. The Bertz CT molecular complexity index is 752. The zero-order valence-corrected chi connectivity index (χ0v) is 17.7. The standard InChI is InChI=1S/C18H28N2O7S/c1-13-9-19(10-14(2)27-13)28(22,23)20(12-18(21)26-5)11-15-6-16(24-3)8-17(7-15)25-4/h6-8,13-14H,9-12H2,1-5H3/t13-,14-/m1/s1. The van der Waals surface area contributed by atoms with Crippen LogP contribution in [0.5, 0.6) is 11.5 Å². The molecule has 1 aromatic carbocycles.